The third-order valence-corrected chi connectivity index (χ3v) is 14.5. The summed E-state index contributed by atoms with van der Waals surface area (Å²) >= 11 is 0. The zero-order valence-corrected chi connectivity index (χ0v) is 36.1. The maximum Gasteiger partial charge on any atom is 0.248 e. The van der Waals surface area contributed by atoms with Crippen LogP contribution in [0, 0.1) is 0 Å². The smallest absolute Gasteiger partial charge is 0.248 e. The molecule has 0 aromatic carbocycles. The standard InChI is InChI=1S/C18H44O6Si4.C6H19O4PSi2/c1-25(2,3)21-15-14(13-19)20-18(24-28(10,11)12)17(23-27(7,8)9)16(15)22-26(4,5)6;1-12(2,3)9-11(7,8)10-13(4,5)6/h14-19H,13H2,1-12H3;1-6H3,(H,7,8)/p-1/t14-,15+,16+,17-,18?;/m1./s1. The molecule has 0 aromatic rings. The Hall–Kier alpha value is 1.17. The minimum atomic E-state index is -4.06. The molecule has 1 heterocycles. The van der Waals surface area contributed by atoms with Crippen LogP contribution in [0.2, 0.25) is 118 Å². The Bertz CT molecular complexity index is 821. The van der Waals surface area contributed by atoms with E-state index in [0.29, 0.717) is 0 Å². The van der Waals surface area contributed by atoms with Gasteiger partial charge in [0.2, 0.25) is 7.82 Å². The molecule has 17 heteroatoms. The van der Waals surface area contributed by atoms with Gasteiger partial charge in [-0.1, -0.05) is 0 Å². The summed E-state index contributed by atoms with van der Waals surface area (Å²) in [6.45, 7) is 36.6. The molecule has 0 bridgehead atoms. The van der Waals surface area contributed by atoms with Crippen LogP contribution in [-0.4, -0.2) is 92.3 Å². The predicted octanol–water partition coefficient (Wildman–Crippen LogP) is 6.37. The zero-order valence-electron chi connectivity index (χ0n) is 29.2. The van der Waals surface area contributed by atoms with Crippen molar-refractivity contribution in [2.45, 2.75) is 149 Å². The third kappa shape index (κ3) is 20.8. The molecule has 1 aliphatic rings. The second kappa shape index (κ2) is 15.2. The first-order valence-corrected chi connectivity index (χ1v) is 36.3. The van der Waals surface area contributed by atoms with Gasteiger partial charge in [-0.25, -0.2) is 0 Å². The Morgan fingerprint density at radius 3 is 1.17 bits per heavy atom. The highest BCUT2D eigenvalue weighted by Gasteiger charge is 2.52. The van der Waals surface area contributed by atoms with Crippen LogP contribution in [-0.2, 0) is 35.4 Å². The van der Waals surface area contributed by atoms with E-state index in [2.05, 4.69) is 78.6 Å². The average molecular weight is 710 g/mol. The van der Waals surface area contributed by atoms with Crippen LogP contribution in [0.1, 0.15) is 0 Å². The topological polar surface area (TPSA) is 125 Å². The van der Waals surface area contributed by atoms with Gasteiger partial charge < -0.3 is 40.9 Å². The summed E-state index contributed by atoms with van der Waals surface area (Å²) in [7, 11) is -15.9. The van der Waals surface area contributed by atoms with Gasteiger partial charge in [0.25, 0.3) is 0 Å². The number of phosphoric acid groups is 1. The van der Waals surface area contributed by atoms with E-state index in [1.807, 2.05) is 39.3 Å². The zero-order chi connectivity index (χ0) is 33.0. The molecule has 10 nitrogen and oxygen atoms in total. The number of hydrogen-bond donors (Lipinski definition) is 1. The van der Waals surface area contributed by atoms with Crippen LogP contribution in [0.4, 0.5) is 0 Å². The molecule has 0 amide bonds. The molecule has 1 saturated heterocycles. The first-order chi connectivity index (χ1) is 17.7. The number of ether oxygens (including phenoxy) is 1. The van der Waals surface area contributed by atoms with Gasteiger partial charge in [0.1, 0.15) is 24.4 Å². The Kier molecular flexibility index (Phi) is 15.6. The van der Waals surface area contributed by atoms with Crippen LogP contribution in [0.15, 0.2) is 0 Å². The summed E-state index contributed by atoms with van der Waals surface area (Å²) in [5.41, 5.74) is 0. The first-order valence-electron chi connectivity index (χ1n) is 14.4. The lowest BCUT2D eigenvalue weighted by molar-refractivity contribution is -0.269. The lowest BCUT2D eigenvalue weighted by atomic mass is 9.99. The van der Waals surface area contributed by atoms with Gasteiger partial charge >= 0.3 is 0 Å². The second-order valence-electron chi connectivity index (χ2n) is 16.4. The van der Waals surface area contributed by atoms with E-state index in [0.717, 1.165) is 0 Å². The summed E-state index contributed by atoms with van der Waals surface area (Å²) in [5, 5.41) is 10.1. The highest BCUT2D eigenvalue weighted by atomic mass is 31.2. The predicted molar refractivity (Wildman–Crippen MR) is 181 cm³/mol. The Balaban J connectivity index is 0.00000103. The van der Waals surface area contributed by atoms with Crippen LogP contribution in [0.3, 0.4) is 0 Å². The molecular weight excluding hydrogens is 648 g/mol. The van der Waals surface area contributed by atoms with Crippen LogP contribution >= 0.6 is 7.82 Å². The molecule has 0 radical (unpaired) electrons. The van der Waals surface area contributed by atoms with Crippen molar-refractivity contribution in [1.29, 1.82) is 0 Å². The fourth-order valence-corrected chi connectivity index (χ4v) is 13.8. The Morgan fingerprint density at radius 1 is 0.561 bits per heavy atom. The van der Waals surface area contributed by atoms with Gasteiger partial charge in [-0.05, 0) is 118 Å². The van der Waals surface area contributed by atoms with Crippen molar-refractivity contribution < 1.29 is 45.4 Å². The van der Waals surface area contributed by atoms with Gasteiger partial charge in [0.15, 0.2) is 56.2 Å². The van der Waals surface area contributed by atoms with E-state index >= 15 is 0 Å². The molecule has 0 aliphatic carbocycles. The van der Waals surface area contributed by atoms with Gasteiger partial charge in [0, 0.05) is 0 Å². The molecule has 5 atom stereocenters. The summed E-state index contributed by atoms with van der Waals surface area (Å²) in [4.78, 5) is 11.3. The first kappa shape index (κ1) is 42.2. The average Bonchev–Trinajstić information content (AvgIpc) is 2.58. The third-order valence-electron chi connectivity index (χ3n) is 4.48. The fourth-order valence-electron chi connectivity index (χ4n) is 3.78. The normalized spacial score (nSPS) is 25.5. The molecule has 0 spiro atoms. The Morgan fingerprint density at radius 2 is 0.878 bits per heavy atom. The molecule has 1 rings (SSSR count). The fraction of sp³-hybridized carbons (Fsp3) is 1.00. The molecular formula is C24H62O10PSi6-. The highest BCUT2D eigenvalue weighted by Crippen LogP contribution is 2.44. The minimum absolute atomic E-state index is 0.133. The van der Waals surface area contributed by atoms with E-state index in [9.17, 15) is 14.6 Å². The molecule has 1 fully saturated rings. The number of aliphatic hydroxyl groups excluding tert-OH is 1. The number of aliphatic hydroxyl groups is 1. The van der Waals surface area contributed by atoms with Gasteiger partial charge in [-0.15, -0.1) is 0 Å². The van der Waals surface area contributed by atoms with Crippen molar-refractivity contribution in [1.82, 2.24) is 0 Å². The maximum atomic E-state index is 11.3. The van der Waals surface area contributed by atoms with Crippen LogP contribution in [0.5, 0.6) is 0 Å². The quantitative estimate of drug-likeness (QED) is 0.170. The van der Waals surface area contributed by atoms with Crippen molar-refractivity contribution in [2.75, 3.05) is 6.61 Å². The van der Waals surface area contributed by atoms with Crippen molar-refractivity contribution in [3.8, 4) is 0 Å². The SMILES string of the molecule is C[Si](C)(C)OC1O[C@H](CO)[C@H](O[Si](C)(C)C)[C@H](O[Si](C)(C)C)[C@H]1O[Si](C)(C)C.C[Si](C)(C)OP(=O)([O-])O[Si](C)(C)C. The van der Waals surface area contributed by atoms with Crippen LogP contribution in [0.25, 0.3) is 0 Å². The van der Waals surface area contributed by atoms with E-state index in [1.165, 1.54) is 0 Å². The number of rotatable bonds is 13. The van der Waals surface area contributed by atoms with E-state index in [4.69, 9.17) is 30.9 Å². The molecule has 248 valence electrons. The summed E-state index contributed by atoms with van der Waals surface area (Å²) in [6, 6.07) is 0. The monoisotopic (exact) mass is 709 g/mol. The van der Waals surface area contributed by atoms with Crippen molar-refractivity contribution in [3.05, 3.63) is 0 Å². The molecule has 41 heavy (non-hydrogen) atoms. The molecule has 0 saturated carbocycles. The summed E-state index contributed by atoms with van der Waals surface area (Å²) in [5.74, 6) is 0. The minimum Gasteiger partial charge on any atom is -0.757 e. The van der Waals surface area contributed by atoms with Gasteiger partial charge in [-0.3, -0.25) is 4.57 Å². The van der Waals surface area contributed by atoms with Crippen LogP contribution < -0.4 is 4.89 Å². The Labute approximate surface area is 257 Å². The van der Waals surface area contributed by atoms with E-state index in [-0.39, 0.29) is 24.9 Å². The van der Waals surface area contributed by atoms with Gasteiger partial charge in [0.05, 0.1) is 6.61 Å². The summed E-state index contributed by atoms with van der Waals surface area (Å²) < 4.78 is 53.6. The molecule has 0 aromatic heterocycles. The van der Waals surface area contributed by atoms with Gasteiger partial charge in [-0.2, -0.15) is 0 Å². The lowest BCUT2D eigenvalue weighted by Crippen LogP contribution is -2.67. The van der Waals surface area contributed by atoms with Crippen molar-refractivity contribution in [2.24, 2.45) is 0 Å². The molecule has 1 unspecified atom stereocenters. The second-order valence-corrected chi connectivity index (χ2v) is 45.0. The molecule has 1 N–H and O–H groups in total. The highest BCUT2D eigenvalue weighted by molar-refractivity contribution is 7.49. The number of hydrogen-bond acceptors (Lipinski definition) is 10. The van der Waals surface area contributed by atoms with Crippen molar-refractivity contribution in [3.63, 3.8) is 0 Å². The maximum absolute atomic E-state index is 11.3. The van der Waals surface area contributed by atoms with E-state index < -0.39 is 70.1 Å². The lowest BCUT2D eigenvalue weighted by Gasteiger charge is -2.51. The molecule has 1 aliphatic heterocycles. The summed E-state index contributed by atoms with van der Waals surface area (Å²) in [6.07, 6.45) is -2.10. The largest absolute Gasteiger partial charge is 0.757 e. The van der Waals surface area contributed by atoms with E-state index in [1.54, 1.807) is 0 Å². The van der Waals surface area contributed by atoms with Crippen molar-refractivity contribution >= 4 is 57.7 Å².